The van der Waals surface area contributed by atoms with Crippen LogP contribution in [0.4, 0.5) is 5.69 Å². The molecule has 0 aliphatic rings. The molecule has 0 radical (unpaired) electrons. The monoisotopic (exact) mass is 264 g/mol. The van der Waals surface area contributed by atoms with Crippen LogP contribution in [0.25, 0.3) is 0 Å². The number of nitrogens with two attached hydrogens (primary N) is 1. The van der Waals surface area contributed by atoms with E-state index in [1.54, 1.807) is 12.1 Å². The topological polar surface area (TPSA) is 98.0 Å². The van der Waals surface area contributed by atoms with Gasteiger partial charge in [0.05, 0.1) is 17.1 Å². The molecule has 18 heavy (non-hydrogen) atoms. The van der Waals surface area contributed by atoms with Gasteiger partial charge in [0.15, 0.2) is 0 Å². The number of sulfonamides is 1. The maximum absolute atomic E-state index is 11.9. The van der Waals surface area contributed by atoms with Crippen LogP contribution in [0.3, 0.4) is 0 Å². The summed E-state index contributed by atoms with van der Waals surface area (Å²) in [5.74, 6) is 0. The van der Waals surface area contributed by atoms with E-state index >= 15 is 0 Å². The molecule has 0 aliphatic carbocycles. The molecule has 0 amide bonds. The number of nitrogens with zero attached hydrogens (tertiary/aromatic N) is 2. The lowest BCUT2D eigenvalue weighted by atomic mass is 10.3. The number of rotatable bonds is 4. The maximum Gasteiger partial charge on any atom is 0.240 e. The van der Waals surface area contributed by atoms with Crippen LogP contribution in [0, 0.1) is 0 Å². The molecule has 1 aromatic heterocycles. The van der Waals surface area contributed by atoms with Crippen molar-refractivity contribution >= 4 is 15.7 Å². The fourth-order valence-corrected chi connectivity index (χ4v) is 2.33. The van der Waals surface area contributed by atoms with Crippen LogP contribution in [0.15, 0.2) is 47.5 Å². The summed E-state index contributed by atoms with van der Waals surface area (Å²) in [7, 11) is -3.55. The van der Waals surface area contributed by atoms with E-state index < -0.39 is 10.0 Å². The Morgan fingerprint density at radius 2 is 1.89 bits per heavy atom. The SMILES string of the molecule is Nc1ccc(S(=O)(=O)NCc2cccnn2)cc1. The van der Waals surface area contributed by atoms with E-state index in [0.717, 1.165) is 0 Å². The van der Waals surface area contributed by atoms with E-state index in [9.17, 15) is 8.42 Å². The number of aromatic nitrogens is 2. The minimum absolute atomic E-state index is 0.0978. The third-order valence-electron chi connectivity index (χ3n) is 2.26. The Balaban J connectivity index is 2.11. The highest BCUT2D eigenvalue weighted by atomic mass is 32.2. The van der Waals surface area contributed by atoms with Crippen molar-refractivity contribution < 1.29 is 8.42 Å². The predicted molar refractivity (Wildman–Crippen MR) is 66.9 cm³/mol. The third kappa shape index (κ3) is 3.02. The van der Waals surface area contributed by atoms with Gasteiger partial charge in [0.25, 0.3) is 0 Å². The van der Waals surface area contributed by atoms with Gasteiger partial charge in [-0.25, -0.2) is 13.1 Å². The molecule has 3 N–H and O–H groups in total. The molecule has 0 saturated heterocycles. The molecule has 94 valence electrons. The molecule has 6 nitrogen and oxygen atoms in total. The second-order valence-electron chi connectivity index (χ2n) is 3.61. The van der Waals surface area contributed by atoms with Crippen molar-refractivity contribution in [2.75, 3.05) is 5.73 Å². The molecule has 0 saturated carbocycles. The van der Waals surface area contributed by atoms with Crippen molar-refractivity contribution in [2.24, 2.45) is 0 Å². The fraction of sp³-hybridized carbons (Fsp3) is 0.0909. The Morgan fingerprint density at radius 1 is 1.17 bits per heavy atom. The van der Waals surface area contributed by atoms with Crippen LogP contribution in [-0.2, 0) is 16.6 Å². The standard InChI is InChI=1S/C11H12N4O2S/c12-9-3-5-11(6-4-9)18(16,17)14-8-10-2-1-7-13-15-10/h1-7,14H,8,12H2. The van der Waals surface area contributed by atoms with Gasteiger partial charge < -0.3 is 5.73 Å². The van der Waals surface area contributed by atoms with Gasteiger partial charge in [0.1, 0.15) is 0 Å². The lowest BCUT2D eigenvalue weighted by Crippen LogP contribution is -2.23. The second kappa shape index (κ2) is 5.11. The lowest BCUT2D eigenvalue weighted by molar-refractivity contribution is 0.580. The average molecular weight is 264 g/mol. The molecule has 1 aromatic carbocycles. The predicted octanol–water partition coefficient (Wildman–Crippen LogP) is 0.537. The molecule has 2 aromatic rings. The Bertz CT molecular complexity index is 611. The van der Waals surface area contributed by atoms with E-state index in [0.29, 0.717) is 11.4 Å². The van der Waals surface area contributed by atoms with E-state index in [2.05, 4.69) is 14.9 Å². The van der Waals surface area contributed by atoms with Gasteiger partial charge in [-0.15, -0.1) is 0 Å². The van der Waals surface area contributed by atoms with Crippen molar-refractivity contribution in [3.63, 3.8) is 0 Å². The minimum Gasteiger partial charge on any atom is -0.399 e. The first kappa shape index (κ1) is 12.5. The van der Waals surface area contributed by atoms with Crippen molar-refractivity contribution in [3.05, 3.63) is 48.3 Å². The second-order valence-corrected chi connectivity index (χ2v) is 5.38. The van der Waals surface area contributed by atoms with E-state index in [1.807, 2.05) is 0 Å². The Morgan fingerprint density at radius 3 is 2.50 bits per heavy atom. The minimum atomic E-state index is -3.55. The zero-order chi connectivity index (χ0) is 13.0. The highest BCUT2D eigenvalue weighted by Crippen LogP contribution is 2.11. The van der Waals surface area contributed by atoms with Crippen molar-refractivity contribution in [2.45, 2.75) is 11.4 Å². The number of nitrogens with one attached hydrogen (secondary N) is 1. The van der Waals surface area contributed by atoms with E-state index in [1.165, 1.54) is 30.5 Å². The summed E-state index contributed by atoms with van der Waals surface area (Å²) >= 11 is 0. The quantitative estimate of drug-likeness (QED) is 0.785. The molecule has 2 rings (SSSR count). The average Bonchev–Trinajstić information content (AvgIpc) is 2.38. The van der Waals surface area contributed by atoms with Crippen LogP contribution in [-0.4, -0.2) is 18.6 Å². The number of nitrogen functional groups attached to an aromatic ring is 1. The first-order valence-electron chi connectivity index (χ1n) is 5.20. The highest BCUT2D eigenvalue weighted by molar-refractivity contribution is 7.89. The Labute approximate surface area is 105 Å². The van der Waals surface area contributed by atoms with Gasteiger partial charge in [-0.05, 0) is 36.4 Å². The summed E-state index contributed by atoms with van der Waals surface area (Å²) in [5, 5.41) is 7.46. The summed E-state index contributed by atoms with van der Waals surface area (Å²) < 4.78 is 26.3. The molecule has 0 fully saturated rings. The van der Waals surface area contributed by atoms with Crippen LogP contribution in [0.1, 0.15) is 5.69 Å². The van der Waals surface area contributed by atoms with Crippen LogP contribution < -0.4 is 10.5 Å². The molecular weight excluding hydrogens is 252 g/mol. The maximum atomic E-state index is 11.9. The van der Waals surface area contributed by atoms with Crippen molar-refractivity contribution in [1.29, 1.82) is 0 Å². The highest BCUT2D eigenvalue weighted by Gasteiger charge is 2.13. The molecule has 1 heterocycles. The molecule has 0 unspecified atom stereocenters. The molecule has 7 heteroatoms. The van der Waals surface area contributed by atoms with Gasteiger partial charge >= 0.3 is 0 Å². The fourth-order valence-electron chi connectivity index (χ4n) is 1.33. The lowest BCUT2D eigenvalue weighted by Gasteiger charge is -2.06. The third-order valence-corrected chi connectivity index (χ3v) is 3.68. The van der Waals surface area contributed by atoms with E-state index in [4.69, 9.17) is 5.73 Å². The Kier molecular flexibility index (Phi) is 3.54. The molecule has 0 aliphatic heterocycles. The summed E-state index contributed by atoms with van der Waals surface area (Å²) in [5.41, 5.74) is 6.57. The molecule has 0 bridgehead atoms. The van der Waals surface area contributed by atoms with Gasteiger partial charge in [-0.2, -0.15) is 10.2 Å². The molecule has 0 spiro atoms. The van der Waals surface area contributed by atoms with E-state index in [-0.39, 0.29) is 11.4 Å². The van der Waals surface area contributed by atoms with Crippen LogP contribution in [0.2, 0.25) is 0 Å². The van der Waals surface area contributed by atoms with Gasteiger partial charge in [-0.3, -0.25) is 0 Å². The normalized spacial score (nSPS) is 11.3. The van der Waals surface area contributed by atoms with Crippen molar-refractivity contribution in [1.82, 2.24) is 14.9 Å². The number of hydrogen-bond donors (Lipinski definition) is 2. The number of benzene rings is 1. The zero-order valence-corrected chi connectivity index (χ0v) is 10.3. The van der Waals surface area contributed by atoms with Gasteiger partial charge in [0.2, 0.25) is 10.0 Å². The van der Waals surface area contributed by atoms with Gasteiger partial charge in [0, 0.05) is 11.9 Å². The summed E-state index contributed by atoms with van der Waals surface area (Å²) in [6.45, 7) is 0.0978. The van der Waals surface area contributed by atoms with Gasteiger partial charge in [-0.1, -0.05) is 0 Å². The Hall–Kier alpha value is -1.99. The van der Waals surface area contributed by atoms with Crippen LogP contribution >= 0.6 is 0 Å². The van der Waals surface area contributed by atoms with Crippen LogP contribution in [0.5, 0.6) is 0 Å². The first-order valence-corrected chi connectivity index (χ1v) is 6.68. The zero-order valence-electron chi connectivity index (χ0n) is 9.45. The molecule has 0 atom stereocenters. The summed E-state index contributed by atoms with van der Waals surface area (Å²) in [6.07, 6.45) is 1.53. The van der Waals surface area contributed by atoms with Crippen molar-refractivity contribution in [3.8, 4) is 0 Å². The first-order chi connectivity index (χ1) is 8.58. The smallest absolute Gasteiger partial charge is 0.240 e. The molecular formula is C11H12N4O2S. The largest absolute Gasteiger partial charge is 0.399 e. The summed E-state index contributed by atoms with van der Waals surface area (Å²) in [4.78, 5) is 0.167. The number of hydrogen-bond acceptors (Lipinski definition) is 5. The summed E-state index contributed by atoms with van der Waals surface area (Å²) in [6, 6.07) is 9.37. The number of anilines is 1.